The number of piperidine rings is 1. The van der Waals surface area contributed by atoms with Crippen LogP contribution >= 0.6 is 11.3 Å². The molecule has 0 radical (unpaired) electrons. The summed E-state index contributed by atoms with van der Waals surface area (Å²) in [6.07, 6.45) is 2.81. The molecule has 3 heterocycles. The number of carbonyl (C=O) groups excluding carboxylic acids is 1. The van der Waals surface area contributed by atoms with E-state index >= 15 is 0 Å². The third-order valence-electron chi connectivity index (χ3n) is 5.34. The van der Waals surface area contributed by atoms with E-state index < -0.39 is 10.0 Å². The van der Waals surface area contributed by atoms with Crippen LogP contribution in [0.1, 0.15) is 29.6 Å². The molecule has 8 nitrogen and oxygen atoms in total. The minimum absolute atomic E-state index is 0.205. The van der Waals surface area contributed by atoms with Crippen molar-refractivity contribution in [2.24, 2.45) is 0 Å². The van der Waals surface area contributed by atoms with Gasteiger partial charge in [0, 0.05) is 30.8 Å². The second-order valence-electron chi connectivity index (χ2n) is 7.43. The topological polar surface area (TPSA) is 97.8 Å². The Balaban J connectivity index is 1.32. The van der Waals surface area contributed by atoms with Crippen LogP contribution in [-0.2, 0) is 10.0 Å². The van der Waals surface area contributed by atoms with E-state index in [1.54, 1.807) is 6.07 Å². The smallest absolute Gasteiger partial charge is 0.257 e. The van der Waals surface area contributed by atoms with Gasteiger partial charge in [-0.25, -0.2) is 13.4 Å². The molecule has 3 aromatic rings. The molecule has 0 spiro atoms. The van der Waals surface area contributed by atoms with Gasteiger partial charge in [0.25, 0.3) is 5.91 Å². The number of rotatable bonds is 4. The van der Waals surface area contributed by atoms with Gasteiger partial charge in [0.05, 0.1) is 15.1 Å². The van der Waals surface area contributed by atoms with Crippen molar-refractivity contribution in [1.82, 2.24) is 9.29 Å². The number of nitrogens with one attached hydrogen (secondary N) is 1. The zero-order chi connectivity index (χ0) is 21.4. The van der Waals surface area contributed by atoms with E-state index in [9.17, 15) is 13.2 Å². The molecule has 31 heavy (non-hydrogen) atoms. The number of thiazole rings is 1. The van der Waals surface area contributed by atoms with Gasteiger partial charge >= 0.3 is 0 Å². The number of fused-ring (bicyclic) bond motifs is 2. The summed E-state index contributed by atoms with van der Waals surface area (Å²) in [4.78, 5) is 17.3. The number of aromatic nitrogens is 1. The maximum absolute atomic E-state index is 12.8. The van der Waals surface area contributed by atoms with E-state index in [1.807, 2.05) is 6.07 Å². The van der Waals surface area contributed by atoms with Crippen molar-refractivity contribution in [2.75, 3.05) is 31.6 Å². The van der Waals surface area contributed by atoms with Crippen LogP contribution in [0.15, 0.2) is 41.3 Å². The van der Waals surface area contributed by atoms with Gasteiger partial charge < -0.3 is 9.47 Å². The average molecular weight is 460 g/mol. The molecule has 2 aliphatic heterocycles. The van der Waals surface area contributed by atoms with Crippen LogP contribution in [0, 0.1) is 0 Å². The molecule has 0 atom stereocenters. The first kappa shape index (κ1) is 20.2. The van der Waals surface area contributed by atoms with Gasteiger partial charge in [0.15, 0.2) is 16.6 Å². The standard InChI is InChI=1S/C21H21N3O5S2/c25-20(14-4-6-15(7-5-14)31(26,27)24-8-2-1-3-9-24)23-21-22-16-12-17-18(13-19(16)30-21)29-11-10-28-17/h4-7,12-13H,1-3,8-11H2,(H,22,23,25). The number of nitrogens with zero attached hydrogens (tertiary/aromatic N) is 2. The van der Waals surface area contributed by atoms with Gasteiger partial charge in [-0.05, 0) is 37.1 Å². The van der Waals surface area contributed by atoms with Crippen molar-refractivity contribution >= 4 is 42.6 Å². The number of hydrogen-bond acceptors (Lipinski definition) is 7. The van der Waals surface area contributed by atoms with Crippen LogP contribution in [0.3, 0.4) is 0 Å². The Labute approximate surface area is 183 Å². The number of carbonyl (C=O) groups is 1. The zero-order valence-electron chi connectivity index (χ0n) is 16.7. The molecule has 1 N–H and O–H groups in total. The van der Waals surface area contributed by atoms with E-state index in [0.717, 1.165) is 24.0 Å². The van der Waals surface area contributed by atoms with Crippen molar-refractivity contribution in [1.29, 1.82) is 0 Å². The number of ether oxygens (including phenoxy) is 2. The highest BCUT2D eigenvalue weighted by atomic mass is 32.2. The Morgan fingerprint density at radius 3 is 2.39 bits per heavy atom. The molecule has 162 valence electrons. The summed E-state index contributed by atoms with van der Waals surface area (Å²) in [5.41, 5.74) is 1.08. The summed E-state index contributed by atoms with van der Waals surface area (Å²) in [5.74, 6) is 0.969. The molecule has 5 rings (SSSR count). The predicted octanol–water partition coefficient (Wildman–Crippen LogP) is 3.49. The Hall–Kier alpha value is -2.69. The average Bonchev–Trinajstić information content (AvgIpc) is 3.19. The maximum Gasteiger partial charge on any atom is 0.257 e. The van der Waals surface area contributed by atoms with E-state index in [2.05, 4.69) is 10.3 Å². The number of benzene rings is 2. The molecule has 1 saturated heterocycles. The van der Waals surface area contributed by atoms with Crippen molar-refractivity contribution < 1.29 is 22.7 Å². The summed E-state index contributed by atoms with van der Waals surface area (Å²) in [7, 11) is -3.52. The van der Waals surface area contributed by atoms with Gasteiger partial charge in [0.2, 0.25) is 10.0 Å². The molecular weight excluding hydrogens is 438 g/mol. The van der Waals surface area contributed by atoms with Crippen LogP contribution in [0.25, 0.3) is 10.2 Å². The largest absolute Gasteiger partial charge is 0.486 e. The number of anilines is 1. The van der Waals surface area contributed by atoms with Crippen molar-refractivity contribution in [3.63, 3.8) is 0 Å². The molecule has 10 heteroatoms. The Kier molecular flexibility index (Phi) is 5.28. The SMILES string of the molecule is O=C(Nc1nc2cc3c(cc2s1)OCCO3)c1ccc(S(=O)(=O)N2CCCCC2)cc1. The minimum atomic E-state index is -3.52. The van der Waals surface area contributed by atoms with E-state index in [0.29, 0.717) is 54.0 Å². The van der Waals surface area contributed by atoms with Gasteiger partial charge in [-0.3, -0.25) is 10.1 Å². The molecule has 0 saturated carbocycles. The number of sulfonamides is 1. The van der Waals surface area contributed by atoms with Gasteiger partial charge in [0.1, 0.15) is 13.2 Å². The number of amides is 1. The zero-order valence-corrected chi connectivity index (χ0v) is 18.3. The number of hydrogen-bond donors (Lipinski definition) is 1. The molecule has 0 aliphatic carbocycles. The normalized spacial score (nSPS) is 16.9. The Morgan fingerprint density at radius 1 is 1.00 bits per heavy atom. The lowest BCUT2D eigenvalue weighted by Crippen LogP contribution is -2.35. The highest BCUT2D eigenvalue weighted by molar-refractivity contribution is 7.89. The summed E-state index contributed by atoms with van der Waals surface area (Å²) in [5, 5.41) is 3.24. The third kappa shape index (κ3) is 3.98. The predicted molar refractivity (Wildman–Crippen MR) is 118 cm³/mol. The highest BCUT2D eigenvalue weighted by Gasteiger charge is 2.26. The lowest BCUT2D eigenvalue weighted by Gasteiger charge is -2.25. The first-order valence-corrected chi connectivity index (χ1v) is 12.4. The fourth-order valence-corrected chi connectivity index (χ4v) is 6.11. The van der Waals surface area contributed by atoms with Crippen LogP contribution in [0.5, 0.6) is 11.5 Å². The molecule has 1 amide bonds. The maximum atomic E-state index is 12.8. The van der Waals surface area contributed by atoms with Crippen molar-refractivity contribution in [3.05, 3.63) is 42.0 Å². The quantitative estimate of drug-likeness (QED) is 0.641. The molecule has 1 aromatic heterocycles. The monoisotopic (exact) mass is 459 g/mol. The Morgan fingerprint density at radius 2 is 1.68 bits per heavy atom. The lowest BCUT2D eigenvalue weighted by atomic mass is 10.2. The van der Waals surface area contributed by atoms with Gasteiger partial charge in [-0.15, -0.1) is 0 Å². The lowest BCUT2D eigenvalue weighted by molar-refractivity contribution is 0.102. The minimum Gasteiger partial charge on any atom is -0.486 e. The molecule has 0 bridgehead atoms. The van der Waals surface area contributed by atoms with Crippen LogP contribution in [0.2, 0.25) is 0 Å². The molecule has 1 fully saturated rings. The highest BCUT2D eigenvalue weighted by Crippen LogP contribution is 2.38. The van der Waals surface area contributed by atoms with Crippen LogP contribution in [-0.4, -0.2) is 49.9 Å². The van der Waals surface area contributed by atoms with E-state index in [1.165, 1.54) is 39.9 Å². The molecule has 2 aliphatic rings. The van der Waals surface area contributed by atoms with E-state index in [4.69, 9.17) is 9.47 Å². The van der Waals surface area contributed by atoms with E-state index in [-0.39, 0.29) is 10.8 Å². The van der Waals surface area contributed by atoms with Crippen molar-refractivity contribution in [3.8, 4) is 11.5 Å². The summed E-state index contributed by atoms with van der Waals surface area (Å²) in [6.45, 7) is 2.09. The molecule has 0 unspecified atom stereocenters. The second-order valence-corrected chi connectivity index (χ2v) is 10.4. The van der Waals surface area contributed by atoms with Gasteiger partial charge in [-0.1, -0.05) is 17.8 Å². The van der Waals surface area contributed by atoms with Crippen molar-refractivity contribution in [2.45, 2.75) is 24.2 Å². The summed E-state index contributed by atoms with van der Waals surface area (Å²) in [6, 6.07) is 9.69. The first-order valence-electron chi connectivity index (χ1n) is 10.1. The molecular formula is C21H21N3O5S2. The molecule has 2 aromatic carbocycles. The fourth-order valence-electron chi connectivity index (χ4n) is 3.72. The summed E-state index contributed by atoms with van der Waals surface area (Å²) < 4.78 is 39.1. The summed E-state index contributed by atoms with van der Waals surface area (Å²) >= 11 is 1.34. The fraction of sp³-hybridized carbons (Fsp3) is 0.333. The first-order chi connectivity index (χ1) is 15.0. The van der Waals surface area contributed by atoms with Crippen LogP contribution in [0.4, 0.5) is 5.13 Å². The van der Waals surface area contributed by atoms with Gasteiger partial charge in [-0.2, -0.15) is 4.31 Å². The second kappa shape index (κ2) is 8.10. The third-order valence-corrected chi connectivity index (χ3v) is 8.19. The Bertz CT molecular complexity index is 1190. The van der Waals surface area contributed by atoms with Crippen LogP contribution < -0.4 is 14.8 Å².